The van der Waals surface area contributed by atoms with E-state index < -0.39 is 0 Å². The summed E-state index contributed by atoms with van der Waals surface area (Å²) in [6, 6.07) is 71.8. The minimum absolute atomic E-state index is 0.279. The number of rotatable bonds is 5. The lowest BCUT2D eigenvalue weighted by Crippen LogP contribution is -2.33. The van der Waals surface area contributed by atoms with Crippen molar-refractivity contribution in [1.82, 2.24) is 4.57 Å². The van der Waals surface area contributed by atoms with Crippen LogP contribution < -0.4 is 4.90 Å². The highest BCUT2D eigenvalue weighted by Crippen LogP contribution is 2.65. The van der Waals surface area contributed by atoms with Crippen molar-refractivity contribution in [2.45, 2.75) is 11.3 Å². The first-order valence-electron chi connectivity index (χ1n) is 20.0. The van der Waals surface area contributed by atoms with Crippen LogP contribution in [0, 0.1) is 5.92 Å². The largest absolute Gasteiger partial charge is 0.310 e. The van der Waals surface area contributed by atoms with Crippen LogP contribution in [0.3, 0.4) is 0 Å². The molecule has 0 aliphatic heterocycles. The first kappa shape index (κ1) is 32.1. The lowest BCUT2D eigenvalue weighted by molar-refractivity contribution is 0.465. The molecule has 0 radical (unpaired) electrons. The highest BCUT2D eigenvalue weighted by molar-refractivity contribution is 6.10. The Morgan fingerprint density at radius 1 is 0.421 bits per heavy atom. The zero-order valence-electron chi connectivity index (χ0n) is 31.3. The third-order valence-corrected chi connectivity index (χ3v) is 12.9. The third kappa shape index (κ3) is 4.59. The molecule has 1 spiro atoms. The van der Waals surface area contributed by atoms with E-state index in [0.717, 1.165) is 17.1 Å². The van der Waals surface area contributed by atoms with Gasteiger partial charge in [0.05, 0.1) is 16.4 Å². The van der Waals surface area contributed by atoms with Gasteiger partial charge in [0.1, 0.15) is 0 Å². The van der Waals surface area contributed by atoms with Gasteiger partial charge in [0.2, 0.25) is 0 Å². The third-order valence-electron chi connectivity index (χ3n) is 12.9. The molecule has 0 amide bonds. The van der Waals surface area contributed by atoms with Gasteiger partial charge >= 0.3 is 0 Å². The number of para-hydroxylation sites is 3. The summed E-state index contributed by atoms with van der Waals surface area (Å²) >= 11 is 0. The number of aromatic nitrogens is 1. The van der Waals surface area contributed by atoms with Crippen LogP contribution in [0.1, 0.15) is 28.2 Å². The van der Waals surface area contributed by atoms with E-state index in [1.165, 1.54) is 72.0 Å². The predicted molar refractivity (Wildman–Crippen MR) is 237 cm³/mol. The van der Waals surface area contributed by atoms with Crippen LogP contribution in [0.15, 0.2) is 218 Å². The van der Waals surface area contributed by atoms with E-state index in [1.807, 2.05) is 0 Å². The van der Waals surface area contributed by atoms with E-state index in [1.54, 1.807) is 0 Å². The quantitative estimate of drug-likeness (QED) is 0.171. The molecule has 2 atom stereocenters. The lowest BCUT2D eigenvalue weighted by atomic mass is 9.65. The number of hydrogen-bond donors (Lipinski definition) is 0. The normalized spacial score (nSPS) is 16.8. The predicted octanol–water partition coefficient (Wildman–Crippen LogP) is 14.1. The second-order valence-corrected chi connectivity index (χ2v) is 15.6. The maximum Gasteiger partial charge on any atom is 0.0541 e. The first-order valence-corrected chi connectivity index (χ1v) is 20.0. The molecule has 3 aliphatic carbocycles. The second-order valence-electron chi connectivity index (χ2n) is 15.6. The standard InChI is InChI=1S/C55H38N2/c1-3-15-39(16-4-1)56(41-30-27-37(28-31-41)38-29-34-54-48(35-38)47-22-10-14-26-53(47)57(54)40-17-5-2-6-18-40)42-32-33-46-45-21-9-13-25-51(45)55(52(46)36-42)49-23-11-7-19-43(49)44-20-8-12-24-50(44)55/h1-36,45,51H. The Balaban J connectivity index is 0.996. The molecule has 0 fully saturated rings. The Hall–Kier alpha value is -7.16. The monoisotopic (exact) mass is 726 g/mol. The van der Waals surface area contributed by atoms with Gasteiger partial charge in [-0.25, -0.2) is 0 Å². The molecule has 3 aliphatic rings. The van der Waals surface area contributed by atoms with Crippen LogP contribution in [0.5, 0.6) is 0 Å². The molecule has 8 aromatic carbocycles. The summed E-state index contributed by atoms with van der Waals surface area (Å²) in [7, 11) is 0. The molecule has 1 aromatic heterocycles. The molecule has 1 heterocycles. The van der Waals surface area contributed by atoms with E-state index in [9.17, 15) is 0 Å². The molecule has 0 saturated carbocycles. The van der Waals surface area contributed by atoms with Crippen LogP contribution in [-0.2, 0) is 5.41 Å². The topological polar surface area (TPSA) is 8.17 Å². The van der Waals surface area contributed by atoms with Gasteiger partial charge in [0, 0.05) is 45.4 Å². The average Bonchev–Trinajstić information content (AvgIpc) is 3.89. The van der Waals surface area contributed by atoms with Gasteiger partial charge in [-0.2, -0.15) is 0 Å². The number of anilines is 3. The molecule has 2 unspecified atom stereocenters. The zero-order chi connectivity index (χ0) is 37.5. The van der Waals surface area contributed by atoms with Crippen molar-refractivity contribution in [1.29, 1.82) is 0 Å². The molecule has 0 bridgehead atoms. The smallest absolute Gasteiger partial charge is 0.0541 e. The Labute approximate surface area is 332 Å². The van der Waals surface area contributed by atoms with Gasteiger partial charge in [-0.05, 0) is 111 Å². The minimum atomic E-state index is -0.279. The van der Waals surface area contributed by atoms with E-state index in [4.69, 9.17) is 0 Å². The van der Waals surface area contributed by atoms with Crippen LogP contribution in [0.2, 0.25) is 0 Å². The van der Waals surface area contributed by atoms with Gasteiger partial charge in [-0.15, -0.1) is 0 Å². The number of nitrogens with zero attached hydrogens (tertiary/aromatic N) is 2. The molecule has 0 N–H and O–H groups in total. The SMILES string of the molecule is C1=CC2c3ccc(N(c4ccccc4)c4ccc(-c5ccc6c(c5)c5ccccc5n6-c5ccccc5)cc4)cc3C3(c4ccccc4-c4ccccc43)C2C=C1. The van der Waals surface area contributed by atoms with E-state index in [2.05, 4.69) is 228 Å². The molecule has 12 rings (SSSR count). The Kier molecular flexibility index (Phi) is 7.00. The van der Waals surface area contributed by atoms with Crippen molar-refractivity contribution in [3.8, 4) is 27.9 Å². The van der Waals surface area contributed by atoms with Gasteiger partial charge in [0.15, 0.2) is 0 Å². The highest BCUT2D eigenvalue weighted by atomic mass is 15.1. The molecule has 0 saturated heterocycles. The van der Waals surface area contributed by atoms with Gasteiger partial charge < -0.3 is 9.47 Å². The van der Waals surface area contributed by atoms with Gasteiger partial charge in [-0.3, -0.25) is 0 Å². The number of fused-ring (bicyclic) bond motifs is 13. The van der Waals surface area contributed by atoms with Crippen LogP contribution in [0.4, 0.5) is 17.1 Å². The average molecular weight is 727 g/mol. The molecular weight excluding hydrogens is 689 g/mol. The van der Waals surface area contributed by atoms with Crippen molar-refractivity contribution < 1.29 is 0 Å². The van der Waals surface area contributed by atoms with Gasteiger partial charge in [0.25, 0.3) is 0 Å². The summed E-state index contributed by atoms with van der Waals surface area (Å²) in [6.07, 6.45) is 9.39. The maximum atomic E-state index is 2.51. The van der Waals surface area contributed by atoms with Crippen molar-refractivity contribution in [3.05, 3.63) is 241 Å². The highest BCUT2D eigenvalue weighted by Gasteiger charge is 2.57. The molecule has 2 nitrogen and oxygen atoms in total. The van der Waals surface area contributed by atoms with Crippen LogP contribution in [-0.4, -0.2) is 4.57 Å². The maximum absolute atomic E-state index is 2.51. The second kappa shape index (κ2) is 12.4. The van der Waals surface area contributed by atoms with Crippen molar-refractivity contribution in [2.24, 2.45) is 5.92 Å². The fourth-order valence-electron chi connectivity index (χ4n) is 10.6. The van der Waals surface area contributed by atoms with Crippen molar-refractivity contribution >= 4 is 38.9 Å². The van der Waals surface area contributed by atoms with Gasteiger partial charge in [-0.1, -0.05) is 152 Å². The van der Waals surface area contributed by atoms with Crippen molar-refractivity contribution in [2.75, 3.05) is 4.90 Å². The minimum Gasteiger partial charge on any atom is -0.310 e. The van der Waals surface area contributed by atoms with E-state index in [0.29, 0.717) is 11.8 Å². The molecule has 57 heavy (non-hydrogen) atoms. The number of hydrogen-bond acceptors (Lipinski definition) is 1. The molecule has 9 aromatic rings. The summed E-state index contributed by atoms with van der Waals surface area (Å²) in [4.78, 5) is 2.43. The van der Waals surface area contributed by atoms with Crippen LogP contribution in [0.25, 0.3) is 49.7 Å². The van der Waals surface area contributed by atoms with E-state index in [-0.39, 0.29) is 5.41 Å². The summed E-state index contributed by atoms with van der Waals surface area (Å²) < 4.78 is 2.38. The zero-order valence-corrected chi connectivity index (χ0v) is 31.3. The molecule has 268 valence electrons. The fraction of sp³-hybridized carbons (Fsp3) is 0.0545. The fourth-order valence-corrected chi connectivity index (χ4v) is 10.6. The molecular formula is C55H38N2. The Morgan fingerprint density at radius 2 is 1.02 bits per heavy atom. The first-order chi connectivity index (χ1) is 28.3. The number of benzene rings is 8. The summed E-state index contributed by atoms with van der Waals surface area (Å²) in [6.45, 7) is 0. The summed E-state index contributed by atoms with van der Waals surface area (Å²) in [5.74, 6) is 0.600. The number of allylic oxidation sites excluding steroid dienone is 4. The Morgan fingerprint density at radius 3 is 1.79 bits per heavy atom. The van der Waals surface area contributed by atoms with Crippen LogP contribution >= 0.6 is 0 Å². The summed E-state index contributed by atoms with van der Waals surface area (Å²) in [5, 5.41) is 2.52. The molecule has 2 heteroatoms. The summed E-state index contributed by atoms with van der Waals surface area (Å²) in [5.41, 5.74) is 17.5. The van der Waals surface area contributed by atoms with E-state index >= 15 is 0 Å². The Bertz CT molecular complexity index is 3030. The lowest BCUT2D eigenvalue weighted by Gasteiger charge is -2.36. The van der Waals surface area contributed by atoms with Crippen molar-refractivity contribution in [3.63, 3.8) is 0 Å².